The zero-order chi connectivity index (χ0) is 36.3. The number of rotatable bonds is 6. The van der Waals surface area contributed by atoms with E-state index in [4.69, 9.17) is 4.42 Å². The van der Waals surface area contributed by atoms with Crippen LogP contribution in [0, 0.1) is 0 Å². The quantitative estimate of drug-likeness (QED) is 0.170. The Labute approximate surface area is 322 Å². The van der Waals surface area contributed by atoms with Gasteiger partial charge in [0, 0.05) is 43.2 Å². The van der Waals surface area contributed by atoms with Crippen LogP contribution in [0.1, 0.15) is 0 Å². The Kier molecular flexibility index (Phi) is 7.39. The van der Waals surface area contributed by atoms with Gasteiger partial charge in [-0.2, -0.15) is 0 Å². The van der Waals surface area contributed by atoms with Crippen LogP contribution in [0.25, 0.3) is 86.3 Å². The predicted molar refractivity (Wildman–Crippen MR) is 235 cm³/mol. The first-order valence-electron chi connectivity index (χ1n) is 18.7. The number of para-hydroxylation sites is 2. The molecule has 55 heavy (non-hydrogen) atoms. The van der Waals surface area contributed by atoms with E-state index in [1.165, 1.54) is 47.6 Å². The van der Waals surface area contributed by atoms with Gasteiger partial charge in [-0.15, -0.1) is 11.3 Å². The molecule has 2 aromatic heterocycles. The molecule has 0 atom stereocenters. The lowest BCUT2D eigenvalue weighted by molar-refractivity contribution is 0.670. The smallest absolute Gasteiger partial charge is 0.143 e. The number of hydrogen-bond acceptors (Lipinski definition) is 3. The SMILES string of the molecule is c1ccc(-c2ccc(N(c3cc(-c4cccc5ccccc45)cc(-c4cccc5c4oc4ccccc45)c3)c3cccc4c3sc3ccccc34)cc2)cc1. The van der Waals surface area contributed by atoms with E-state index in [9.17, 15) is 0 Å². The van der Waals surface area contributed by atoms with E-state index in [0.717, 1.165) is 55.7 Å². The first-order valence-corrected chi connectivity index (χ1v) is 19.5. The molecule has 2 nitrogen and oxygen atoms in total. The number of thiophene rings is 1. The third-order valence-corrected chi connectivity index (χ3v) is 12.1. The largest absolute Gasteiger partial charge is 0.455 e. The Morgan fingerprint density at radius 3 is 1.87 bits per heavy atom. The number of hydrogen-bond donors (Lipinski definition) is 0. The third-order valence-electron chi connectivity index (χ3n) is 10.8. The van der Waals surface area contributed by atoms with Gasteiger partial charge in [-0.3, -0.25) is 0 Å². The van der Waals surface area contributed by atoms with Crippen molar-refractivity contribution in [3.8, 4) is 33.4 Å². The second-order valence-electron chi connectivity index (χ2n) is 14.1. The summed E-state index contributed by atoms with van der Waals surface area (Å²) in [5.74, 6) is 0. The molecule has 0 N–H and O–H groups in total. The first-order chi connectivity index (χ1) is 27.3. The minimum Gasteiger partial charge on any atom is -0.455 e. The van der Waals surface area contributed by atoms with Crippen molar-refractivity contribution in [3.05, 3.63) is 200 Å². The Hall–Kier alpha value is -6.94. The fourth-order valence-electron chi connectivity index (χ4n) is 8.27. The highest BCUT2D eigenvalue weighted by Crippen LogP contribution is 2.47. The Balaban J connectivity index is 1.21. The summed E-state index contributed by atoms with van der Waals surface area (Å²) in [5, 5.41) is 7.23. The van der Waals surface area contributed by atoms with Crippen LogP contribution in [0.3, 0.4) is 0 Å². The molecule has 9 aromatic carbocycles. The van der Waals surface area contributed by atoms with Gasteiger partial charge in [0.05, 0.1) is 10.4 Å². The van der Waals surface area contributed by atoms with Gasteiger partial charge in [0.2, 0.25) is 0 Å². The monoisotopic (exact) mass is 719 g/mol. The topological polar surface area (TPSA) is 16.4 Å². The van der Waals surface area contributed by atoms with Crippen LogP contribution in [-0.4, -0.2) is 0 Å². The molecule has 0 radical (unpaired) electrons. The molecule has 0 bridgehead atoms. The Morgan fingerprint density at radius 1 is 0.382 bits per heavy atom. The van der Waals surface area contributed by atoms with Gasteiger partial charge < -0.3 is 9.32 Å². The van der Waals surface area contributed by atoms with Gasteiger partial charge in [-0.25, -0.2) is 0 Å². The molecule has 0 saturated carbocycles. The van der Waals surface area contributed by atoms with Crippen LogP contribution in [0.15, 0.2) is 205 Å². The van der Waals surface area contributed by atoms with E-state index in [0.29, 0.717) is 0 Å². The van der Waals surface area contributed by atoms with Crippen molar-refractivity contribution in [2.24, 2.45) is 0 Å². The number of nitrogens with zero attached hydrogens (tertiary/aromatic N) is 1. The van der Waals surface area contributed by atoms with Crippen LogP contribution in [0.2, 0.25) is 0 Å². The summed E-state index contributed by atoms with van der Waals surface area (Å²) >= 11 is 1.86. The normalized spacial score (nSPS) is 11.6. The molecule has 0 aliphatic rings. The summed E-state index contributed by atoms with van der Waals surface area (Å²) in [6.45, 7) is 0. The lowest BCUT2D eigenvalue weighted by Gasteiger charge is -2.28. The average molecular weight is 720 g/mol. The Morgan fingerprint density at radius 2 is 1.00 bits per heavy atom. The minimum absolute atomic E-state index is 0.895. The summed E-state index contributed by atoms with van der Waals surface area (Å²) in [7, 11) is 0. The third kappa shape index (κ3) is 5.32. The number of anilines is 3. The molecule has 258 valence electrons. The van der Waals surface area contributed by atoms with Gasteiger partial charge >= 0.3 is 0 Å². The Bertz CT molecular complexity index is 3200. The molecule has 11 rings (SSSR count). The maximum atomic E-state index is 6.66. The molecule has 0 spiro atoms. The van der Waals surface area contributed by atoms with Gasteiger partial charge in [0.25, 0.3) is 0 Å². The molecule has 0 saturated heterocycles. The summed E-state index contributed by atoms with van der Waals surface area (Å²) in [6.07, 6.45) is 0. The highest BCUT2D eigenvalue weighted by atomic mass is 32.1. The molecule has 0 fully saturated rings. The molecule has 3 heteroatoms. The second kappa shape index (κ2) is 12.9. The summed E-state index contributed by atoms with van der Waals surface area (Å²) in [4.78, 5) is 2.45. The summed E-state index contributed by atoms with van der Waals surface area (Å²) in [6, 6.07) is 72.3. The molecule has 0 aliphatic heterocycles. The van der Waals surface area contributed by atoms with E-state index < -0.39 is 0 Å². The first kappa shape index (κ1) is 31.6. The van der Waals surface area contributed by atoms with Gasteiger partial charge in [-0.05, 0) is 87.1 Å². The van der Waals surface area contributed by atoms with Crippen molar-refractivity contribution in [1.29, 1.82) is 0 Å². The van der Waals surface area contributed by atoms with Crippen molar-refractivity contribution in [3.63, 3.8) is 0 Å². The van der Waals surface area contributed by atoms with Crippen LogP contribution in [0.5, 0.6) is 0 Å². The van der Waals surface area contributed by atoms with Crippen molar-refractivity contribution in [1.82, 2.24) is 0 Å². The number of furan rings is 1. The molecular weight excluding hydrogens is 687 g/mol. The summed E-state index contributed by atoms with van der Waals surface area (Å²) in [5.41, 5.74) is 12.0. The molecular formula is C52H33NOS. The van der Waals surface area contributed by atoms with Crippen molar-refractivity contribution >= 4 is 81.3 Å². The van der Waals surface area contributed by atoms with Crippen molar-refractivity contribution < 1.29 is 4.42 Å². The highest BCUT2D eigenvalue weighted by Gasteiger charge is 2.21. The zero-order valence-corrected chi connectivity index (χ0v) is 30.6. The van der Waals surface area contributed by atoms with E-state index in [2.05, 4.69) is 199 Å². The summed E-state index contributed by atoms with van der Waals surface area (Å²) < 4.78 is 9.20. The standard InChI is InChI=1S/C52H33NOS/c1-2-13-34(14-3-1)35-27-29-39(30-28-35)53(48-24-12-23-47-45-19-7-9-26-50(45)55-52(47)48)40-32-37(42-20-10-16-36-15-4-5-17-41(36)42)31-38(33-40)43-21-11-22-46-44-18-6-8-25-49(44)54-51(43)46/h1-33H. The van der Waals surface area contributed by atoms with Crippen LogP contribution in [-0.2, 0) is 0 Å². The van der Waals surface area contributed by atoms with Crippen LogP contribution < -0.4 is 4.90 Å². The average Bonchev–Trinajstić information content (AvgIpc) is 3.83. The lowest BCUT2D eigenvalue weighted by atomic mass is 9.93. The molecule has 0 unspecified atom stereocenters. The predicted octanol–water partition coefficient (Wildman–Crippen LogP) is 15.6. The second-order valence-corrected chi connectivity index (χ2v) is 15.1. The molecule has 11 aromatic rings. The van der Waals surface area contributed by atoms with Crippen molar-refractivity contribution in [2.45, 2.75) is 0 Å². The lowest BCUT2D eigenvalue weighted by Crippen LogP contribution is -2.10. The highest BCUT2D eigenvalue weighted by molar-refractivity contribution is 7.26. The molecule has 0 amide bonds. The van der Waals surface area contributed by atoms with Crippen LogP contribution >= 0.6 is 11.3 Å². The van der Waals surface area contributed by atoms with Gasteiger partial charge in [0.1, 0.15) is 11.2 Å². The van der Waals surface area contributed by atoms with E-state index in [-0.39, 0.29) is 0 Å². The van der Waals surface area contributed by atoms with E-state index in [1.807, 2.05) is 17.4 Å². The molecule has 2 heterocycles. The van der Waals surface area contributed by atoms with Gasteiger partial charge in [-0.1, -0.05) is 152 Å². The fourth-order valence-corrected chi connectivity index (χ4v) is 9.48. The van der Waals surface area contributed by atoms with E-state index in [1.54, 1.807) is 0 Å². The van der Waals surface area contributed by atoms with Crippen molar-refractivity contribution in [2.75, 3.05) is 4.90 Å². The van der Waals surface area contributed by atoms with Gasteiger partial charge in [0.15, 0.2) is 0 Å². The van der Waals surface area contributed by atoms with E-state index >= 15 is 0 Å². The number of fused-ring (bicyclic) bond motifs is 7. The fraction of sp³-hybridized carbons (Fsp3) is 0. The maximum Gasteiger partial charge on any atom is 0.143 e. The maximum absolute atomic E-state index is 6.66. The zero-order valence-electron chi connectivity index (χ0n) is 29.8. The molecule has 0 aliphatic carbocycles. The van der Waals surface area contributed by atoms with Crippen LogP contribution in [0.4, 0.5) is 17.1 Å². The minimum atomic E-state index is 0.895. The number of benzene rings is 9.